The van der Waals surface area contributed by atoms with Crippen LogP contribution in [0.5, 0.6) is 0 Å². The van der Waals surface area contributed by atoms with E-state index in [9.17, 15) is 9.90 Å². The summed E-state index contributed by atoms with van der Waals surface area (Å²) in [7, 11) is 1.76. The van der Waals surface area contributed by atoms with E-state index < -0.39 is 5.60 Å². The zero-order chi connectivity index (χ0) is 18.7. The molecule has 0 spiro atoms. The molecule has 4 aliphatic carbocycles. The first-order valence-electron chi connectivity index (χ1n) is 10.7. The lowest BCUT2D eigenvalue weighted by Gasteiger charge is -2.57. The van der Waals surface area contributed by atoms with Crippen LogP contribution in [-0.2, 0) is 9.53 Å². The lowest BCUT2D eigenvalue weighted by atomic mass is 9.48. The maximum absolute atomic E-state index is 12.5. The highest BCUT2D eigenvalue weighted by Crippen LogP contribution is 2.64. The van der Waals surface area contributed by atoms with Gasteiger partial charge in [-0.05, 0) is 93.3 Å². The van der Waals surface area contributed by atoms with Crippen LogP contribution in [-0.4, -0.2) is 35.0 Å². The Morgan fingerprint density at radius 1 is 1.12 bits per heavy atom. The van der Waals surface area contributed by atoms with Crippen LogP contribution in [0, 0.1) is 40.9 Å². The minimum Gasteiger partial charge on any atom is -0.387 e. The Bertz CT molecular complexity index is 562. The topological polar surface area (TPSA) is 46.5 Å². The molecule has 0 heterocycles. The zero-order valence-electron chi connectivity index (χ0n) is 16.5. The second kappa shape index (κ2) is 6.84. The summed E-state index contributed by atoms with van der Waals surface area (Å²) in [5.41, 5.74) is -0.452. The SMILES string of the molecule is CO[C@H]1C[C@H]2[C@@H](CC[C@@H]3[C@@H]2CC[C@]2(C)[C@@H](C(=O)CBr)CC[C@@H]32)C[C@]1(C)O. The standard InChI is InChI=1S/C22H35BrO3/c1-21-9-8-14-15(17(21)6-7-18(21)19(24)12-23)5-4-13-11-22(2,25)20(26-3)10-16(13)14/h13-18,20,25H,4-12H2,1-3H3/t13-,14-,15+,16-,17-,18+,20-,21-,22-/m0/s1. The van der Waals surface area contributed by atoms with Crippen molar-refractivity contribution in [1.29, 1.82) is 0 Å². The molecule has 0 aromatic heterocycles. The summed E-state index contributed by atoms with van der Waals surface area (Å²) in [6.07, 6.45) is 9.25. The molecule has 148 valence electrons. The summed E-state index contributed by atoms with van der Waals surface area (Å²) in [4.78, 5) is 12.5. The van der Waals surface area contributed by atoms with Gasteiger partial charge in [0.2, 0.25) is 0 Å². The van der Waals surface area contributed by atoms with Crippen molar-refractivity contribution in [3.05, 3.63) is 0 Å². The van der Waals surface area contributed by atoms with Gasteiger partial charge in [-0.15, -0.1) is 0 Å². The van der Waals surface area contributed by atoms with E-state index >= 15 is 0 Å². The average Bonchev–Trinajstić information content (AvgIpc) is 2.96. The summed E-state index contributed by atoms with van der Waals surface area (Å²) in [5, 5.41) is 11.3. The Morgan fingerprint density at radius 2 is 1.88 bits per heavy atom. The molecule has 0 amide bonds. The third-order valence-corrected chi connectivity index (χ3v) is 9.73. The summed E-state index contributed by atoms with van der Waals surface area (Å²) in [6.45, 7) is 4.39. The predicted molar refractivity (Wildman–Crippen MR) is 106 cm³/mol. The molecular formula is C22H35BrO3. The average molecular weight is 427 g/mol. The van der Waals surface area contributed by atoms with Gasteiger partial charge in [0, 0.05) is 13.0 Å². The molecule has 9 atom stereocenters. The molecule has 0 saturated heterocycles. The van der Waals surface area contributed by atoms with E-state index in [-0.39, 0.29) is 17.4 Å². The third kappa shape index (κ3) is 2.85. The summed E-state index contributed by atoms with van der Waals surface area (Å²) in [6, 6.07) is 0. The number of Topliss-reactive ketones (excluding diaryl/α,β-unsaturated/α-hetero) is 1. The van der Waals surface area contributed by atoms with Crippen LogP contribution >= 0.6 is 15.9 Å². The number of carbonyl (C=O) groups excluding carboxylic acids is 1. The second-order valence-corrected chi connectivity index (χ2v) is 10.8. The highest BCUT2D eigenvalue weighted by Gasteiger charge is 2.59. The molecule has 0 aliphatic heterocycles. The van der Waals surface area contributed by atoms with Gasteiger partial charge in [0.25, 0.3) is 0 Å². The van der Waals surface area contributed by atoms with Crippen molar-refractivity contribution < 1.29 is 14.6 Å². The molecule has 4 rings (SSSR count). The monoisotopic (exact) mass is 426 g/mol. The van der Waals surface area contributed by atoms with Gasteiger partial charge < -0.3 is 9.84 Å². The Morgan fingerprint density at radius 3 is 2.58 bits per heavy atom. The van der Waals surface area contributed by atoms with E-state index in [1.54, 1.807) is 7.11 Å². The number of ether oxygens (including phenoxy) is 1. The number of carbonyl (C=O) groups is 1. The normalized spacial score (nSPS) is 53.5. The van der Waals surface area contributed by atoms with E-state index in [2.05, 4.69) is 22.9 Å². The number of rotatable bonds is 3. The van der Waals surface area contributed by atoms with Crippen LogP contribution in [0.15, 0.2) is 0 Å². The summed E-state index contributed by atoms with van der Waals surface area (Å²) in [5.74, 6) is 4.33. The molecule has 4 aliphatic rings. The summed E-state index contributed by atoms with van der Waals surface area (Å²) < 4.78 is 5.70. The molecule has 0 bridgehead atoms. The first-order valence-corrected chi connectivity index (χ1v) is 11.8. The quantitative estimate of drug-likeness (QED) is 0.670. The number of alkyl halides is 1. The maximum atomic E-state index is 12.5. The lowest BCUT2D eigenvalue weighted by Crippen LogP contribution is -2.55. The van der Waals surface area contributed by atoms with Crippen molar-refractivity contribution in [2.45, 2.75) is 76.9 Å². The minimum atomic E-state index is -0.674. The largest absolute Gasteiger partial charge is 0.387 e. The van der Waals surface area contributed by atoms with E-state index in [4.69, 9.17) is 4.74 Å². The number of ketones is 1. The van der Waals surface area contributed by atoms with Crippen molar-refractivity contribution in [1.82, 2.24) is 0 Å². The van der Waals surface area contributed by atoms with Crippen LogP contribution in [0.3, 0.4) is 0 Å². The second-order valence-electron chi connectivity index (χ2n) is 10.2. The third-order valence-electron chi connectivity index (χ3n) is 9.18. The first-order chi connectivity index (χ1) is 12.3. The Labute approximate surface area is 166 Å². The van der Waals surface area contributed by atoms with Crippen LogP contribution in [0.25, 0.3) is 0 Å². The highest BCUT2D eigenvalue weighted by molar-refractivity contribution is 9.09. The molecular weight excluding hydrogens is 392 g/mol. The van der Waals surface area contributed by atoms with E-state index in [1.807, 2.05) is 6.92 Å². The number of aliphatic hydroxyl groups is 1. The first kappa shape index (κ1) is 19.4. The van der Waals surface area contributed by atoms with Gasteiger partial charge in [0.15, 0.2) is 0 Å². The van der Waals surface area contributed by atoms with Crippen molar-refractivity contribution in [2.75, 3.05) is 12.4 Å². The molecule has 4 heteroatoms. The Kier molecular flexibility index (Phi) is 5.10. The van der Waals surface area contributed by atoms with Crippen molar-refractivity contribution in [3.63, 3.8) is 0 Å². The molecule has 0 aromatic carbocycles. The molecule has 26 heavy (non-hydrogen) atoms. The van der Waals surface area contributed by atoms with E-state index in [0.29, 0.717) is 22.9 Å². The smallest absolute Gasteiger partial charge is 0.147 e. The van der Waals surface area contributed by atoms with Gasteiger partial charge in [0.1, 0.15) is 5.78 Å². The Hall–Kier alpha value is 0.0700. The zero-order valence-corrected chi connectivity index (χ0v) is 18.1. The van der Waals surface area contributed by atoms with Crippen molar-refractivity contribution in [2.24, 2.45) is 40.9 Å². The van der Waals surface area contributed by atoms with Gasteiger partial charge in [-0.2, -0.15) is 0 Å². The fraction of sp³-hybridized carbons (Fsp3) is 0.955. The van der Waals surface area contributed by atoms with E-state index in [0.717, 1.165) is 37.0 Å². The molecule has 4 fully saturated rings. The fourth-order valence-corrected chi connectivity index (χ4v) is 8.38. The molecule has 0 radical (unpaired) electrons. The number of hydrogen-bond acceptors (Lipinski definition) is 3. The molecule has 0 aromatic rings. The fourth-order valence-electron chi connectivity index (χ4n) is 7.99. The number of methoxy groups -OCH3 is 1. The van der Waals surface area contributed by atoms with Gasteiger partial charge in [-0.3, -0.25) is 4.79 Å². The maximum Gasteiger partial charge on any atom is 0.147 e. The van der Waals surface area contributed by atoms with Crippen molar-refractivity contribution >= 4 is 21.7 Å². The van der Waals surface area contributed by atoms with Gasteiger partial charge in [0.05, 0.1) is 17.0 Å². The minimum absolute atomic E-state index is 0.0258. The lowest BCUT2D eigenvalue weighted by molar-refractivity contribution is -0.165. The molecule has 0 unspecified atom stereocenters. The Balaban J connectivity index is 1.56. The molecule has 1 N–H and O–H groups in total. The van der Waals surface area contributed by atoms with Gasteiger partial charge in [-0.1, -0.05) is 22.9 Å². The molecule has 3 nitrogen and oxygen atoms in total. The van der Waals surface area contributed by atoms with E-state index in [1.165, 1.54) is 32.1 Å². The van der Waals surface area contributed by atoms with Crippen molar-refractivity contribution in [3.8, 4) is 0 Å². The summed E-state index contributed by atoms with van der Waals surface area (Å²) >= 11 is 3.42. The van der Waals surface area contributed by atoms with Crippen LogP contribution in [0.1, 0.15) is 65.2 Å². The van der Waals surface area contributed by atoms with Gasteiger partial charge >= 0.3 is 0 Å². The number of hydrogen-bond donors (Lipinski definition) is 1. The van der Waals surface area contributed by atoms with Crippen LogP contribution < -0.4 is 0 Å². The highest BCUT2D eigenvalue weighted by atomic mass is 79.9. The predicted octanol–water partition coefficient (Wildman–Crippen LogP) is 4.60. The number of halogens is 1. The number of fused-ring (bicyclic) bond motifs is 5. The molecule has 4 saturated carbocycles. The van der Waals surface area contributed by atoms with Gasteiger partial charge in [-0.25, -0.2) is 0 Å². The van der Waals surface area contributed by atoms with Crippen LogP contribution in [0.4, 0.5) is 0 Å². The van der Waals surface area contributed by atoms with Crippen LogP contribution in [0.2, 0.25) is 0 Å².